The van der Waals surface area contributed by atoms with Gasteiger partial charge in [0.2, 0.25) is 0 Å². The molecule has 6 rings (SSSR count). The molecule has 5 aromatic rings. The third-order valence-corrected chi connectivity index (χ3v) is 8.66. The number of imide groups is 1. The van der Waals surface area contributed by atoms with Crippen LogP contribution in [0, 0.1) is 18.7 Å². The van der Waals surface area contributed by atoms with E-state index in [1.165, 1.54) is 11.0 Å². The smallest absolute Gasteiger partial charge is 0.261 e. The van der Waals surface area contributed by atoms with Gasteiger partial charge in [-0.1, -0.05) is 80.6 Å². The predicted octanol–water partition coefficient (Wildman–Crippen LogP) is 7.80. The second-order valence-electron chi connectivity index (χ2n) is 12.2. The van der Waals surface area contributed by atoms with Crippen LogP contribution in [0.3, 0.4) is 0 Å². The monoisotopic (exact) mass is 613 g/mol. The lowest BCUT2D eigenvalue weighted by atomic mass is 9.90. The van der Waals surface area contributed by atoms with E-state index < -0.39 is 11.9 Å². The molecule has 3 amide bonds. The molecule has 6 nitrogen and oxygen atoms in total. The summed E-state index contributed by atoms with van der Waals surface area (Å²) in [6.07, 6.45) is 0.962. The Morgan fingerprint density at radius 1 is 0.848 bits per heavy atom. The van der Waals surface area contributed by atoms with Gasteiger partial charge in [0.05, 0.1) is 28.4 Å². The molecule has 1 aromatic heterocycles. The molecule has 0 radical (unpaired) electrons. The van der Waals surface area contributed by atoms with Gasteiger partial charge in [0, 0.05) is 24.0 Å². The van der Waals surface area contributed by atoms with Gasteiger partial charge < -0.3 is 4.90 Å². The highest BCUT2D eigenvalue weighted by Gasteiger charge is 2.36. The number of benzene rings is 4. The summed E-state index contributed by atoms with van der Waals surface area (Å²) in [6, 6.07) is 31.1. The van der Waals surface area contributed by atoms with Crippen LogP contribution >= 0.6 is 0 Å². The molecule has 1 atom stereocenters. The quantitative estimate of drug-likeness (QED) is 0.151. The topological polar surface area (TPSA) is 70.6 Å². The van der Waals surface area contributed by atoms with Crippen LogP contribution in [0.4, 0.5) is 4.39 Å². The summed E-state index contributed by atoms with van der Waals surface area (Å²) in [6.45, 7) is 6.13. The lowest BCUT2D eigenvalue weighted by molar-refractivity contribution is 0.0583. The summed E-state index contributed by atoms with van der Waals surface area (Å²) < 4.78 is 14.8. The number of aryl methyl sites for hydroxylation is 1. The van der Waals surface area contributed by atoms with E-state index in [0.717, 1.165) is 27.7 Å². The zero-order valence-electron chi connectivity index (χ0n) is 26.2. The number of hydrogen-bond acceptors (Lipinski definition) is 4. The van der Waals surface area contributed by atoms with Crippen molar-refractivity contribution in [2.45, 2.75) is 39.7 Å². The highest BCUT2D eigenvalue weighted by atomic mass is 19.1. The number of carbonyl (C=O) groups excluding carboxylic acids is 3. The van der Waals surface area contributed by atoms with Crippen molar-refractivity contribution < 1.29 is 18.8 Å². The van der Waals surface area contributed by atoms with Crippen LogP contribution < -0.4 is 0 Å². The van der Waals surface area contributed by atoms with Crippen LogP contribution in [0.1, 0.15) is 79.8 Å². The van der Waals surface area contributed by atoms with Gasteiger partial charge >= 0.3 is 0 Å². The van der Waals surface area contributed by atoms with Crippen molar-refractivity contribution >= 4 is 28.6 Å². The fraction of sp³-hybridized carbons (Fsp3) is 0.231. The first-order valence-electron chi connectivity index (χ1n) is 15.7. The van der Waals surface area contributed by atoms with Crippen molar-refractivity contribution in [3.63, 3.8) is 0 Å². The molecule has 232 valence electrons. The SMILES string of the molecule is Cc1ccc(C(=O)N(CCCN2C(=O)c3ccccc3C2=O)C(c2nc3ccccc3cc2Cc2ccccc2)C(C)C)cc1F. The Hall–Kier alpha value is -5.17. The molecule has 0 saturated carbocycles. The number of rotatable bonds is 10. The van der Waals surface area contributed by atoms with Crippen molar-refractivity contribution in [3.05, 3.63) is 148 Å². The molecule has 1 unspecified atom stereocenters. The van der Waals surface area contributed by atoms with Crippen LogP contribution in [0.2, 0.25) is 0 Å². The van der Waals surface area contributed by atoms with Gasteiger partial charge in [0.1, 0.15) is 5.82 Å². The van der Waals surface area contributed by atoms with E-state index in [9.17, 15) is 18.8 Å². The zero-order valence-corrected chi connectivity index (χ0v) is 26.2. The van der Waals surface area contributed by atoms with Crippen molar-refractivity contribution in [1.82, 2.24) is 14.8 Å². The minimum absolute atomic E-state index is 0.0678. The molecule has 1 aliphatic rings. The molecule has 4 aromatic carbocycles. The second kappa shape index (κ2) is 13.1. The number of halogens is 1. The highest BCUT2D eigenvalue weighted by Crippen LogP contribution is 2.34. The fourth-order valence-electron chi connectivity index (χ4n) is 6.31. The van der Waals surface area contributed by atoms with Gasteiger partial charge in [-0.25, -0.2) is 4.39 Å². The lowest BCUT2D eigenvalue weighted by Gasteiger charge is -2.36. The second-order valence-corrected chi connectivity index (χ2v) is 12.2. The molecular formula is C39H36FN3O3. The summed E-state index contributed by atoms with van der Waals surface area (Å²) in [4.78, 5) is 48.7. The van der Waals surface area contributed by atoms with Gasteiger partial charge in [0.15, 0.2) is 0 Å². The van der Waals surface area contributed by atoms with Gasteiger partial charge in [-0.3, -0.25) is 24.3 Å². The van der Waals surface area contributed by atoms with Crippen molar-refractivity contribution in [3.8, 4) is 0 Å². The summed E-state index contributed by atoms with van der Waals surface area (Å²) in [5.41, 5.74) is 5.18. The van der Waals surface area contributed by atoms with Crippen LogP contribution in [0.5, 0.6) is 0 Å². The minimum atomic E-state index is -0.470. The minimum Gasteiger partial charge on any atom is -0.330 e. The van der Waals surface area contributed by atoms with Crippen LogP contribution in [0.15, 0.2) is 103 Å². The molecule has 0 bridgehead atoms. The first-order chi connectivity index (χ1) is 22.2. The predicted molar refractivity (Wildman–Crippen MR) is 177 cm³/mol. The summed E-state index contributed by atoms with van der Waals surface area (Å²) in [7, 11) is 0. The standard InChI is InChI=1S/C39H36FN3O3/c1-25(2)36(35-30(22-27-12-5-4-6-13-27)23-28-14-7-10-17-34(28)41-35)42(37(44)29-19-18-26(3)33(40)24-29)20-11-21-43-38(45)31-15-8-9-16-32(31)39(43)46/h4-10,12-19,23-25,36H,11,20-22H2,1-3H3. The van der Waals surface area contributed by atoms with E-state index in [-0.39, 0.29) is 42.3 Å². The maximum atomic E-state index is 14.8. The number of aromatic nitrogens is 1. The molecule has 7 heteroatoms. The molecule has 46 heavy (non-hydrogen) atoms. The molecule has 1 aliphatic heterocycles. The van der Waals surface area contributed by atoms with E-state index in [1.54, 1.807) is 48.2 Å². The third-order valence-electron chi connectivity index (χ3n) is 8.66. The van der Waals surface area contributed by atoms with Gasteiger partial charge in [0.25, 0.3) is 17.7 Å². The number of carbonyl (C=O) groups is 3. The zero-order chi connectivity index (χ0) is 32.4. The average Bonchev–Trinajstić information content (AvgIpc) is 3.30. The van der Waals surface area contributed by atoms with Crippen molar-refractivity contribution in [2.75, 3.05) is 13.1 Å². The molecule has 0 fully saturated rings. The molecular weight excluding hydrogens is 577 g/mol. The Morgan fingerprint density at radius 3 is 2.17 bits per heavy atom. The van der Waals surface area contributed by atoms with E-state index in [2.05, 4.69) is 18.2 Å². The van der Waals surface area contributed by atoms with Crippen LogP contribution in [-0.2, 0) is 6.42 Å². The largest absolute Gasteiger partial charge is 0.330 e. The van der Waals surface area contributed by atoms with Crippen LogP contribution in [-0.4, -0.2) is 45.6 Å². The van der Waals surface area contributed by atoms with E-state index in [4.69, 9.17) is 4.98 Å². The molecule has 0 saturated heterocycles. The van der Waals surface area contributed by atoms with Gasteiger partial charge in [-0.15, -0.1) is 0 Å². The number of fused-ring (bicyclic) bond motifs is 2. The number of para-hydroxylation sites is 1. The van der Waals surface area contributed by atoms with Crippen molar-refractivity contribution in [1.29, 1.82) is 0 Å². The first-order valence-corrected chi connectivity index (χ1v) is 15.7. The summed E-state index contributed by atoms with van der Waals surface area (Å²) >= 11 is 0. The summed E-state index contributed by atoms with van der Waals surface area (Å²) in [5, 5.41) is 1.00. The normalized spacial score (nSPS) is 13.4. The molecule has 2 heterocycles. The lowest BCUT2D eigenvalue weighted by Crippen LogP contribution is -2.41. The number of amides is 3. The fourth-order valence-corrected chi connectivity index (χ4v) is 6.31. The third kappa shape index (κ3) is 6.05. The maximum absolute atomic E-state index is 14.8. The Balaban J connectivity index is 1.39. The Kier molecular flexibility index (Phi) is 8.75. The maximum Gasteiger partial charge on any atom is 0.261 e. The van der Waals surface area contributed by atoms with Crippen molar-refractivity contribution in [2.24, 2.45) is 5.92 Å². The average molecular weight is 614 g/mol. The highest BCUT2D eigenvalue weighted by molar-refractivity contribution is 6.21. The van der Waals surface area contributed by atoms with E-state index >= 15 is 0 Å². The Bertz CT molecular complexity index is 1900. The first kappa shape index (κ1) is 30.8. The van der Waals surface area contributed by atoms with E-state index in [0.29, 0.717) is 29.5 Å². The number of pyridine rings is 1. The van der Waals surface area contributed by atoms with Gasteiger partial charge in [-0.2, -0.15) is 0 Å². The number of hydrogen-bond donors (Lipinski definition) is 0. The summed E-state index contributed by atoms with van der Waals surface area (Å²) in [5.74, 6) is -1.52. The Morgan fingerprint density at radius 2 is 1.50 bits per heavy atom. The Labute approximate surface area is 268 Å². The van der Waals surface area contributed by atoms with Crippen LogP contribution in [0.25, 0.3) is 10.9 Å². The molecule has 0 N–H and O–H groups in total. The number of nitrogens with zero attached hydrogens (tertiary/aromatic N) is 3. The van der Waals surface area contributed by atoms with Gasteiger partial charge in [-0.05, 0) is 78.8 Å². The molecule has 0 spiro atoms. The molecule has 0 aliphatic carbocycles. The van der Waals surface area contributed by atoms with E-state index in [1.807, 2.05) is 56.3 Å².